The van der Waals surface area contributed by atoms with Crippen molar-refractivity contribution in [2.45, 2.75) is 6.54 Å². The van der Waals surface area contributed by atoms with E-state index in [4.69, 9.17) is 4.74 Å². The molecule has 0 unspecified atom stereocenters. The van der Waals surface area contributed by atoms with E-state index in [0.717, 1.165) is 39.0 Å². The fraction of sp³-hybridized carbons (Fsp3) is 0.118. The Labute approximate surface area is 121 Å². The molecule has 0 radical (unpaired) electrons. The number of hydrogen-bond acceptors (Lipinski definition) is 2. The maximum absolute atomic E-state index is 12.0. The molecule has 2 aromatic carbocycles. The molecule has 0 atom stereocenters. The van der Waals surface area contributed by atoms with E-state index in [1.807, 2.05) is 36.4 Å². The lowest BCUT2D eigenvalue weighted by Gasteiger charge is -2.03. The number of hydrogen-bond donors (Lipinski definition) is 2. The molecular weight excluding hydrogens is 264 g/mol. The maximum Gasteiger partial charge on any atom is 0.252 e. The van der Waals surface area contributed by atoms with Gasteiger partial charge in [0.2, 0.25) is 0 Å². The molecule has 2 heterocycles. The van der Waals surface area contributed by atoms with E-state index >= 15 is 0 Å². The van der Waals surface area contributed by atoms with Crippen LogP contribution in [0.4, 0.5) is 0 Å². The molecule has 3 aromatic rings. The van der Waals surface area contributed by atoms with Crippen LogP contribution in [0.5, 0.6) is 5.75 Å². The Balaban J connectivity index is 1.91. The Hall–Kier alpha value is -2.75. The van der Waals surface area contributed by atoms with Crippen molar-refractivity contribution in [2.24, 2.45) is 0 Å². The molecule has 0 aliphatic carbocycles. The van der Waals surface area contributed by atoms with Crippen LogP contribution in [0.1, 0.15) is 15.9 Å². The van der Waals surface area contributed by atoms with Gasteiger partial charge in [0.25, 0.3) is 5.91 Å². The van der Waals surface area contributed by atoms with Crippen LogP contribution >= 0.6 is 0 Å². The van der Waals surface area contributed by atoms with Gasteiger partial charge in [0.1, 0.15) is 5.75 Å². The number of ether oxygens (including phenoxy) is 1. The second-order valence-corrected chi connectivity index (χ2v) is 5.16. The van der Waals surface area contributed by atoms with Crippen LogP contribution in [0.3, 0.4) is 0 Å². The molecule has 0 spiro atoms. The molecule has 2 N–H and O–H groups in total. The van der Waals surface area contributed by atoms with Crippen molar-refractivity contribution in [3.63, 3.8) is 0 Å². The molecule has 104 valence electrons. The number of benzene rings is 2. The van der Waals surface area contributed by atoms with Gasteiger partial charge in [-0.2, -0.15) is 0 Å². The molecule has 0 fully saturated rings. The van der Waals surface area contributed by atoms with Gasteiger partial charge in [-0.25, -0.2) is 0 Å². The van der Waals surface area contributed by atoms with E-state index in [9.17, 15) is 4.79 Å². The number of H-pyrrole nitrogens is 1. The Kier molecular flexibility index (Phi) is 2.51. The fourth-order valence-electron chi connectivity index (χ4n) is 2.89. The summed E-state index contributed by atoms with van der Waals surface area (Å²) in [7, 11) is 1.66. The third-order valence-electron chi connectivity index (χ3n) is 3.94. The number of aromatic nitrogens is 1. The quantitative estimate of drug-likeness (QED) is 0.757. The number of rotatable bonds is 2. The van der Waals surface area contributed by atoms with Crippen molar-refractivity contribution in [1.29, 1.82) is 0 Å². The zero-order chi connectivity index (χ0) is 14.4. The van der Waals surface area contributed by atoms with E-state index in [2.05, 4.69) is 16.4 Å². The summed E-state index contributed by atoms with van der Waals surface area (Å²) in [5.74, 6) is 0.820. The summed E-state index contributed by atoms with van der Waals surface area (Å²) in [5, 5.41) is 3.94. The average Bonchev–Trinajstić information content (AvgIpc) is 3.10. The van der Waals surface area contributed by atoms with Gasteiger partial charge >= 0.3 is 0 Å². The largest absolute Gasteiger partial charge is 0.497 e. The second-order valence-electron chi connectivity index (χ2n) is 5.16. The predicted molar refractivity (Wildman–Crippen MR) is 81.5 cm³/mol. The number of fused-ring (bicyclic) bond motifs is 2. The van der Waals surface area contributed by atoms with Crippen molar-refractivity contribution >= 4 is 16.8 Å². The Morgan fingerprint density at radius 3 is 2.90 bits per heavy atom. The first kappa shape index (κ1) is 12.0. The first-order valence-corrected chi connectivity index (χ1v) is 6.83. The summed E-state index contributed by atoms with van der Waals surface area (Å²) in [6, 6.07) is 13.9. The lowest BCUT2D eigenvalue weighted by atomic mass is 10.0. The summed E-state index contributed by atoms with van der Waals surface area (Å²) in [4.78, 5) is 15.4. The molecule has 21 heavy (non-hydrogen) atoms. The normalized spacial score (nSPS) is 13.3. The summed E-state index contributed by atoms with van der Waals surface area (Å²) in [6.45, 7) is 0.607. The lowest BCUT2D eigenvalue weighted by molar-refractivity contribution is 0.0966. The summed E-state index contributed by atoms with van der Waals surface area (Å²) in [6.07, 6.45) is 0. The van der Waals surface area contributed by atoms with Crippen molar-refractivity contribution < 1.29 is 9.53 Å². The van der Waals surface area contributed by atoms with E-state index in [1.165, 1.54) is 0 Å². The summed E-state index contributed by atoms with van der Waals surface area (Å²) in [5.41, 5.74) is 4.75. The number of methoxy groups -OCH3 is 1. The minimum atomic E-state index is -0.00293. The van der Waals surface area contributed by atoms with E-state index in [0.29, 0.717) is 6.54 Å². The van der Waals surface area contributed by atoms with Crippen LogP contribution < -0.4 is 10.1 Å². The molecule has 0 saturated heterocycles. The van der Waals surface area contributed by atoms with E-state index in [1.54, 1.807) is 7.11 Å². The molecule has 0 saturated carbocycles. The molecule has 1 aliphatic rings. The molecule has 4 nitrogen and oxygen atoms in total. The maximum atomic E-state index is 12.0. The molecular formula is C17H14N2O2. The Morgan fingerprint density at radius 1 is 1.14 bits per heavy atom. The summed E-state index contributed by atoms with van der Waals surface area (Å²) < 4.78 is 5.25. The van der Waals surface area contributed by atoms with Crippen LogP contribution in [-0.2, 0) is 6.54 Å². The third kappa shape index (κ3) is 1.80. The highest BCUT2D eigenvalue weighted by molar-refractivity contribution is 6.05. The van der Waals surface area contributed by atoms with Gasteiger partial charge in [-0.1, -0.05) is 18.2 Å². The highest BCUT2D eigenvalue weighted by atomic mass is 16.5. The van der Waals surface area contributed by atoms with Gasteiger partial charge in [-0.15, -0.1) is 0 Å². The number of aromatic amines is 1. The molecule has 4 heteroatoms. The standard InChI is InChI=1S/C17H14N2O2/c1-21-12-5-6-14-11(7-12)8-15(19-14)13-4-2-3-10-9-18-17(20)16(10)13/h2-8,19H,9H2,1H3,(H,18,20). The predicted octanol–water partition coefficient (Wildman–Crippen LogP) is 3.09. The van der Waals surface area contributed by atoms with Gasteiger partial charge in [-0.3, -0.25) is 4.79 Å². The fourth-order valence-corrected chi connectivity index (χ4v) is 2.89. The second kappa shape index (κ2) is 4.38. The van der Waals surface area contributed by atoms with E-state index < -0.39 is 0 Å². The number of carbonyl (C=O) groups is 1. The highest BCUT2D eigenvalue weighted by Gasteiger charge is 2.23. The molecule has 1 aliphatic heterocycles. The first-order valence-electron chi connectivity index (χ1n) is 6.83. The van der Waals surface area contributed by atoms with E-state index in [-0.39, 0.29) is 5.91 Å². The Bertz CT molecular complexity index is 864. The first-order chi connectivity index (χ1) is 10.3. The zero-order valence-electron chi connectivity index (χ0n) is 11.6. The monoisotopic (exact) mass is 278 g/mol. The average molecular weight is 278 g/mol. The van der Waals surface area contributed by atoms with Gasteiger partial charge in [0.05, 0.1) is 12.7 Å². The van der Waals surface area contributed by atoms with Gasteiger partial charge in [-0.05, 0) is 29.8 Å². The minimum Gasteiger partial charge on any atom is -0.497 e. The molecule has 1 amide bonds. The van der Waals surface area contributed by atoms with Gasteiger partial charge in [0, 0.05) is 28.7 Å². The third-order valence-corrected chi connectivity index (χ3v) is 3.94. The smallest absolute Gasteiger partial charge is 0.252 e. The van der Waals surface area contributed by atoms with Crippen molar-refractivity contribution in [2.75, 3.05) is 7.11 Å². The SMILES string of the molecule is COc1ccc2[nH]c(-c3cccc4c3C(=O)NC4)cc2c1. The van der Waals surface area contributed by atoms with Crippen LogP contribution in [-0.4, -0.2) is 18.0 Å². The van der Waals surface area contributed by atoms with Crippen LogP contribution in [0.25, 0.3) is 22.2 Å². The molecule has 4 rings (SSSR count). The van der Waals surface area contributed by atoms with Crippen LogP contribution in [0.2, 0.25) is 0 Å². The van der Waals surface area contributed by atoms with Crippen molar-refractivity contribution in [3.8, 4) is 17.0 Å². The lowest BCUT2D eigenvalue weighted by Crippen LogP contribution is -2.13. The minimum absolute atomic E-state index is 0.00293. The van der Waals surface area contributed by atoms with Crippen LogP contribution in [0, 0.1) is 0 Å². The number of carbonyl (C=O) groups excluding carboxylic acids is 1. The topological polar surface area (TPSA) is 54.1 Å². The zero-order valence-corrected chi connectivity index (χ0v) is 11.6. The van der Waals surface area contributed by atoms with Gasteiger partial charge in [0.15, 0.2) is 0 Å². The molecule has 0 bridgehead atoms. The van der Waals surface area contributed by atoms with Crippen molar-refractivity contribution in [1.82, 2.24) is 10.3 Å². The number of nitrogens with one attached hydrogen (secondary N) is 2. The summed E-state index contributed by atoms with van der Waals surface area (Å²) >= 11 is 0. The van der Waals surface area contributed by atoms with Crippen molar-refractivity contribution in [3.05, 3.63) is 53.6 Å². The number of amides is 1. The highest BCUT2D eigenvalue weighted by Crippen LogP contribution is 2.32. The molecule has 1 aromatic heterocycles. The Morgan fingerprint density at radius 2 is 2.05 bits per heavy atom. The van der Waals surface area contributed by atoms with Gasteiger partial charge < -0.3 is 15.0 Å². The van der Waals surface area contributed by atoms with Crippen LogP contribution in [0.15, 0.2) is 42.5 Å².